The summed E-state index contributed by atoms with van der Waals surface area (Å²) < 4.78 is 11.8. The topological polar surface area (TPSA) is 65.4 Å². The van der Waals surface area contributed by atoms with E-state index < -0.39 is 7.12 Å². The van der Waals surface area contributed by atoms with Crippen LogP contribution in [0.3, 0.4) is 0 Å². The number of hydrogen-bond acceptors (Lipinski definition) is 6. The second-order valence-electron chi connectivity index (χ2n) is 7.41. The van der Waals surface area contributed by atoms with E-state index in [1.807, 2.05) is 70.7 Å². The van der Waals surface area contributed by atoms with Crippen LogP contribution >= 0.6 is 0 Å². The zero-order valence-corrected chi connectivity index (χ0v) is 17.7. The first-order valence-corrected chi connectivity index (χ1v) is 9.68. The summed E-state index contributed by atoms with van der Waals surface area (Å²) in [6, 6.07) is 13.0. The first kappa shape index (κ1) is 23.0. The van der Waals surface area contributed by atoms with Gasteiger partial charge >= 0.3 is 7.12 Å². The fraction of sp³-hybridized carbons (Fsp3) is 0.364. The number of rotatable bonds is 11. The van der Waals surface area contributed by atoms with Crippen molar-refractivity contribution >= 4 is 24.7 Å². The molecule has 0 radical (unpaired) electrons. The molecule has 156 valence electrons. The minimum atomic E-state index is -1.45. The summed E-state index contributed by atoms with van der Waals surface area (Å²) in [5, 5.41) is 18.4. The Morgan fingerprint density at radius 2 is 1.24 bits per heavy atom. The summed E-state index contributed by atoms with van der Waals surface area (Å²) in [7, 11) is 6.60. The lowest BCUT2D eigenvalue weighted by molar-refractivity contribution is 0.251. The van der Waals surface area contributed by atoms with Crippen LogP contribution in [-0.4, -0.2) is 81.5 Å². The third-order valence-electron chi connectivity index (χ3n) is 4.22. The van der Waals surface area contributed by atoms with Gasteiger partial charge in [-0.15, -0.1) is 0 Å². The van der Waals surface area contributed by atoms with E-state index in [4.69, 9.17) is 9.47 Å². The predicted octanol–water partition coefficient (Wildman–Crippen LogP) is 1.42. The Morgan fingerprint density at radius 1 is 0.759 bits per heavy atom. The van der Waals surface area contributed by atoms with E-state index in [0.717, 1.165) is 35.7 Å². The Morgan fingerprint density at radius 3 is 1.69 bits per heavy atom. The molecule has 0 aliphatic carbocycles. The van der Waals surface area contributed by atoms with E-state index in [9.17, 15) is 10.0 Å². The summed E-state index contributed by atoms with van der Waals surface area (Å²) in [6.45, 7) is 2.87. The van der Waals surface area contributed by atoms with Gasteiger partial charge in [0.25, 0.3) is 0 Å². The molecule has 0 aliphatic heterocycles. The zero-order chi connectivity index (χ0) is 21.2. The van der Waals surface area contributed by atoms with Gasteiger partial charge in [-0.2, -0.15) is 0 Å². The van der Waals surface area contributed by atoms with Crippen molar-refractivity contribution in [3.8, 4) is 11.5 Å². The van der Waals surface area contributed by atoms with Crippen molar-refractivity contribution in [2.24, 2.45) is 0 Å². The first-order valence-electron chi connectivity index (χ1n) is 9.68. The van der Waals surface area contributed by atoms with Crippen molar-refractivity contribution in [2.75, 3.05) is 54.5 Å². The molecule has 0 unspecified atom stereocenters. The fourth-order valence-corrected chi connectivity index (χ4v) is 2.52. The van der Waals surface area contributed by atoms with Gasteiger partial charge in [0.2, 0.25) is 0 Å². The molecule has 0 fully saturated rings. The molecule has 0 aliphatic rings. The number of benzene rings is 2. The van der Waals surface area contributed by atoms with Gasteiger partial charge in [0.05, 0.1) is 0 Å². The number of hydrogen-bond donors (Lipinski definition) is 2. The molecular formula is C22H31BN2O4. The van der Waals surface area contributed by atoms with Crippen molar-refractivity contribution in [3.63, 3.8) is 0 Å². The zero-order valence-electron chi connectivity index (χ0n) is 17.7. The fourth-order valence-electron chi connectivity index (χ4n) is 2.52. The quantitative estimate of drug-likeness (QED) is 0.441. The minimum Gasteiger partial charge on any atom is -0.492 e. The van der Waals surface area contributed by atoms with Crippen molar-refractivity contribution in [2.45, 2.75) is 0 Å². The van der Waals surface area contributed by atoms with E-state index in [1.54, 1.807) is 12.1 Å². The van der Waals surface area contributed by atoms with Gasteiger partial charge in [-0.25, -0.2) is 0 Å². The standard InChI is InChI=1S/C22H31BN2O4/c1-24(2)11-13-28-21-15-19(16-22(17-21)29-14-12-25(3)4)6-5-18-7-9-20(10-8-18)23(26)27/h5-10,15-17,26-27H,11-14H2,1-4H3/b6-5+. The van der Waals surface area contributed by atoms with E-state index >= 15 is 0 Å². The Labute approximate surface area is 174 Å². The highest BCUT2D eigenvalue weighted by Gasteiger charge is 2.09. The van der Waals surface area contributed by atoms with Gasteiger partial charge in [-0.1, -0.05) is 36.4 Å². The number of nitrogens with zero attached hydrogens (tertiary/aromatic N) is 2. The monoisotopic (exact) mass is 398 g/mol. The van der Waals surface area contributed by atoms with Crippen molar-refractivity contribution in [1.29, 1.82) is 0 Å². The number of ether oxygens (including phenoxy) is 2. The maximum absolute atomic E-state index is 9.20. The van der Waals surface area contributed by atoms with E-state index in [0.29, 0.717) is 18.7 Å². The molecule has 0 saturated carbocycles. The first-order chi connectivity index (χ1) is 13.8. The minimum absolute atomic E-state index is 0.468. The van der Waals surface area contributed by atoms with E-state index in [2.05, 4.69) is 9.80 Å². The molecule has 2 aromatic carbocycles. The molecule has 0 atom stereocenters. The van der Waals surface area contributed by atoms with Gasteiger partial charge in [0.15, 0.2) is 0 Å². The SMILES string of the molecule is CN(C)CCOc1cc(/C=C/c2ccc(B(O)O)cc2)cc(OCCN(C)C)c1. The molecule has 2 aromatic rings. The highest BCUT2D eigenvalue weighted by Crippen LogP contribution is 2.24. The third kappa shape index (κ3) is 8.70. The summed E-state index contributed by atoms with van der Waals surface area (Å²) in [5.41, 5.74) is 2.40. The van der Waals surface area contributed by atoms with Crippen molar-refractivity contribution in [3.05, 3.63) is 53.6 Å². The third-order valence-corrected chi connectivity index (χ3v) is 4.22. The van der Waals surface area contributed by atoms with E-state index in [1.165, 1.54) is 0 Å². The smallest absolute Gasteiger partial charge is 0.488 e. The summed E-state index contributed by atoms with van der Waals surface area (Å²) in [6.07, 6.45) is 3.96. The lowest BCUT2D eigenvalue weighted by Crippen LogP contribution is -2.29. The molecule has 0 aromatic heterocycles. The lowest BCUT2D eigenvalue weighted by atomic mass is 9.80. The average Bonchev–Trinajstić information content (AvgIpc) is 2.66. The van der Waals surface area contributed by atoms with Crippen LogP contribution in [0.25, 0.3) is 12.2 Å². The molecular weight excluding hydrogens is 367 g/mol. The largest absolute Gasteiger partial charge is 0.492 e. The molecule has 0 bridgehead atoms. The molecule has 0 spiro atoms. The van der Waals surface area contributed by atoms with Gasteiger partial charge in [0, 0.05) is 19.2 Å². The molecule has 7 heteroatoms. The Balaban J connectivity index is 2.14. The molecule has 2 rings (SSSR count). The van der Waals surface area contributed by atoms with Gasteiger partial charge in [0.1, 0.15) is 24.7 Å². The summed E-state index contributed by atoms with van der Waals surface area (Å²) in [5.74, 6) is 1.54. The van der Waals surface area contributed by atoms with Crippen LogP contribution in [0.5, 0.6) is 11.5 Å². The second-order valence-corrected chi connectivity index (χ2v) is 7.41. The maximum Gasteiger partial charge on any atom is 0.488 e. The Hall–Kier alpha value is -2.32. The Kier molecular flexibility index (Phi) is 9.21. The van der Waals surface area contributed by atoms with Gasteiger partial charge < -0.3 is 29.3 Å². The molecule has 2 N–H and O–H groups in total. The van der Waals surface area contributed by atoms with Crippen molar-refractivity contribution in [1.82, 2.24) is 9.80 Å². The molecule has 0 saturated heterocycles. The molecule has 29 heavy (non-hydrogen) atoms. The summed E-state index contributed by atoms with van der Waals surface area (Å²) in [4.78, 5) is 4.15. The maximum atomic E-state index is 9.20. The predicted molar refractivity (Wildman–Crippen MR) is 120 cm³/mol. The molecule has 0 amide bonds. The Bertz CT molecular complexity index is 745. The lowest BCUT2D eigenvalue weighted by Gasteiger charge is -2.14. The molecule has 0 heterocycles. The van der Waals surface area contributed by atoms with Crippen LogP contribution < -0.4 is 14.9 Å². The van der Waals surface area contributed by atoms with Crippen LogP contribution in [0, 0.1) is 0 Å². The van der Waals surface area contributed by atoms with Crippen LogP contribution in [-0.2, 0) is 0 Å². The normalized spacial score (nSPS) is 11.4. The second kappa shape index (κ2) is 11.6. The van der Waals surface area contributed by atoms with Gasteiger partial charge in [-0.3, -0.25) is 0 Å². The van der Waals surface area contributed by atoms with Crippen LogP contribution in [0.4, 0.5) is 0 Å². The van der Waals surface area contributed by atoms with Gasteiger partial charge in [-0.05, 0) is 56.9 Å². The highest BCUT2D eigenvalue weighted by atomic mass is 16.5. The molecule has 6 nitrogen and oxygen atoms in total. The average molecular weight is 398 g/mol. The van der Waals surface area contributed by atoms with Crippen LogP contribution in [0.1, 0.15) is 11.1 Å². The highest BCUT2D eigenvalue weighted by molar-refractivity contribution is 6.58. The summed E-state index contributed by atoms with van der Waals surface area (Å²) >= 11 is 0. The van der Waals surface area contributed by atoms with E-state index in [-0.39, 0.29) is 0 Å². The van der Waals surface area contributed by atoms with Crippen molar-refractivity contribution < 1.29 is 19.5 Å². The van der Waals surface area contributed by atoms with Crippen LogP contribution in [0.15, 0.2) is 42.5 Å². The number of likely N-dealkylation sites (N-methyl/N-ethyl adjacent to an activating group) is 2. The van der Waals surface area contributed by atoms with Crippen LogP contribution in [0.2, 0.25) is 0 Å².